The van der Waals surface area contributed by atoms with Crippen LogP contribution in [0, 0.1) is 17.3 Å². The second-order valence-corrected chi connectivity index (χ2v) is 8.69. The summed E-state index contributed by atoms with van der Waals surface area (Å²) in [5.74, 6) is 1.93. The highest BCUT2D eigenvalue weighted by Gasteiger charge is 2.56. The zero-order chi connectivity index (χ0) is 18.6. The van der Waals surface area contributed by atoms with Gasteiger partial charge in [-0.15, -0.1) is 0 Å². The van der Waals surface area contributed by atoms with Crippen LogP contribution in [0.1, 0.15) is 66.6 Å². The molecule has 0 amide bonds. The number of aryl methyl sites for hydroxylation is 1. The second-order valence-electron chi connectivity index (χ2n) is 8.69. The molecule has 0 bridgehead atoms. The van der Waals surface area contributed by atoms with E-state index in [1.165, 1.54) is 17.3 Å². The topological polar surface area (TPSA) is 72.6 Å². The van der Waals surface area contributed by atoms with E-state index in [1.807, 2.05) is 12.1 Å². The molecule has 3 aliphatic rings. The van der Waals surface area contributed by atoms with Gasteiger partial charge in [-0.05, 0) is 79.5 Å². The summed E-state index contributed by atoms with van der Waals surface area (Å²) in [5, 5.41) is 13.4. The molecule has 5 rings (SSSR count). The number of phenols is 1. The van der Waals surface area contributed by atoms with E-state index >= 15 is 0 Å². The van der Waals surface area contributed by atoms with E-state index in [-0.39, 0.29) is 17.3 Å². The first kappa shape index (κ1) is 16.8. The normalized spacial score (nSPS) is 34.4. The van der Waals surface area contributed by atoms with Crippen molar-refractivity contribution in [1.82, 2.24) is 5.16 Å². The minimum Gasteiger partial charge on any atom is -0.508 e. The number of hydrogen-bond donors (Lipinski definition) is 1. The van der Waals surface area contributed by atoms with Gasteiger partial charge in [0, 0.05) is 11.5 Å². The van der Waals surface area contributed by atoms with E-state index in [1.54, 1.807) is 6.07 Å². The van der Waals surface area contributed by atoms with Gasteiger partial charge in [-0.1, -0.05) is 18.1 Å². The lowest BCUT2D eigenvalue weighted by atomic mass is 9.55. The van der Waals surface area contributed by atoms with E-state index < -0.39 is 5.97 Å². The molecule has 0 saturated heterocycles. The maximum atomic E-state index is 12.4. The van der Waals surface area contributed by atoms with Gasteiger partial charge in [-0.3, -0.25) is 0 Å². The fourth-order valence-corrected chi connectivity index (χ4v) is 6.22. The molecule has 5 heteroatoms. The Morgan fingerprint density at radius 2 is 2.15 bits per heavy atom. The Bertz CT molecular complexity index is 861. The van der Waals surface area contributed by atoms with Crippen LogP contribution in [0.5, 0.6) is 5.75 Å². The van der Waals surface area contributed by atoms with Gasteiger partial charge in [-0.25, -0.2) is 4.79 Å². The van der Waals surface area contributed by atoms with Crippen molar-refractivity contribution in [1.29, 1.82) is 0 Å². The van der Waals surface area contributed by atoms with Gasteiger partial charge >= 0.3 is 5.97 Å². The maximum absolute atomic E-state index is 12.4. The molecule has 2 saturated carbocycles. The summed E-state index contributed by atoms with van der Waals surface area (Å²) in [4.78, 5) is 12.4. The number of phenolic OH excluding ortho intramolecular Hbond substituents is 1. The van der Waals surface area contributed by atoms with Crippen molar-refractivity contribution >= 4 is 5.97 Å². The monoisotopic (exact) mass is 367 g/mol. The molecular formula is C22H25NO4. The largest absolute Gasteiger partial charge is 0.508 e. The first-order valence-corrected chi connectivity index (χ1v) is 10.00. The number of carbonyl (C=O) groups excluding carboxylic acids is 1. The van der Waals surface area contributed by atoms with E-state index in [0.29, 0.717) is 23.5 Å². The van der Waals surface area contributed by atoms with Crippen molar-refractivity contribution < 1.29 is 19.2 Å². The molecule has 0 spiro atoms. The van der Waals surface area contributed by atoms with Crippen LogP contribution >= 0.6 is 0 Å². The molecule has 2 aromatic rings. The quantitative estimate of drug-likeness (QED) is 0.793. The van der Waals surface area contributed by atoms with Gasteiger partial charge in [0.1, 0.15) is 11.9 Å². The van der Waals surface area contributed by atoms with Gasteiger partial charge in [0.15, 0.2) is 0 Å². The fraction of sp³-hybridized carbons (Fsp3) is 0.545. The van der Waals surface area contributed by atoms with Crippen LogP contribution < -0.4 is 0 Å². The predicted octanol–water partition coefficient (Wildman–Crippen LogP) is 4.46. The predicted molar refractivity (Wildman–Crippen MR) is 98.4 cm³/mol. The highest BCUT2D eigenvalue weighted by atomic mass is 16.6. The SMILES string of the molecule is C[C@]12CC[C@@H]3c4ccc(O)cc4CC[C@H]3[C@@H]1CC[C@@H]2OC(=O)c1ccno1. The van der Waals surface area contributed by atoms with Crippen LogP contribution in [0.3, 0.4) is 0 Å². The fourth-order valence-electron chi connectivity index (χ4n) is 6.22. The number of hydrogen-bond acceptors (Lipinski definition) is 5. The summed E-state index contributed by atoms with van der Waals surface area (Å²) < 4.78 is 10.9. The Morgan fingerprint density at radius 3 is 2.96 bits per heavy atom. The minimum atomic E-state index is -0.397. The minimum absolute atomic E-state index is 0.0330. The Balaban J connectivity index is 1.38. The summed E-state index contributed by atoms with van der Waals surface area (Å²) in [5.41, 5.74) is 2.77. The van der Waals surface area contributed by atoms with Gasteiger partial charge in [0.25, 0.3) is 0 Å². The number of benzene rings is 1. The van der Waals surface area contributed by atoms with Gasteiger partial charge < -0.3 is 14.4 Å². The molecule has 5 nitrogen and oxygen atoms in total. The lowest BCUT2D eigenvalue weighted by Crippen LogP contribution is -2.45. The number of esters is 1. The van der Waals surface area contributed by atoms with Crippen LogP contribution in [-0.2, 0) is 11.2 Å². The van der Waals surface area contributed by atoms with Crippen LogP contribution in [0.2, 0.25) is 0 Å². The number of ether oxygens (including phenoxy) is 1. The number of aromatic hydroxyl groups is 1. The molecule has 27 heavy (non-hydrogen) atoms. The van der Waals surface area contributed by atoms with Crippen molar-refractivity contribution in [3.63, 3.8) is 0 Å². The maximum Gasteiger partial charge on any atom is 0.377 e. The van der Waals surface area contributed by atoms with Crippen molar-refractivity contribution in [3.05, 3.63) is 47.3 Å². The standard InChI is InChI=1S/C22H25NO4/c1-22-10-8-16-15-5-3-14(24)12-13(15)2-4-17(16)18(22)6-7-20(22)26-21(25)19-9-11-23-27-19/h3,5,9,11-12,16-18,20,24H,2,4,6-8,10H2,1H3/t16-,17-,18+,20+,22+/m1/s1. The van der Waals surface area contributed by atoms with Gasteiger partial charge in [-0.2, -0.15) is 0 Å². The first-order chi connectivity index (χ1) is 13.1. The van der Waals surface area contributed by atoms with Crippen molar-refractivity contribution in [3.8, 4) is 5.75 Å². The highest BCUT2D eigenvalue weighted by molar-refractivity contribution is 5.86. The molecule has 0 unspecified atom stereocenters. The van der Waals surface area contributed by atoms with E-state index in [4.69, 9.17) is 9.26 Å². The van der Waals surface area contributed by atoms with Crippen molar-refractivity contribution in [2.45, 2.75) is 57.5 Å². The zero-order valence-electron chi connectivity index (χ0n) is 15.6. The molecule has 2 fully saturated rings. The molecule has 1 N–H and O–H groups in total. The number of nitrogens with zero attached hydrogens (tertiary/aromatic N) is 1. The molecule has 5 atom stereocenters. The van der Waals surface area contributed by atoms with Gasteiger partial charge in [0.2, 0.25) is 5.76 Å². The molecular weight excluding hydrogens is 342 g/mol. The molecule has 1 aromatic carbocycles. The molecule has 0 aliphatic heterocycles. The third-order valence-corrected chi connectivity index (χ3v) is 7.51. The summed E-state index contributed by atoms with van der Waals surface area (Å²) >= 11 is 0. The average Bonchev–Trinajstić information content (AvgIpc) is 3.30. The highest BCUT2D eigenvalue weighted by Crippen LogP contribution is 2.61. The Kier molecular flexibility index (Phi) is 3.81. The second kappa shape index (κ2) is 6.11. The summed E-state index contributed by atoms with van der Waals surface area (Å²) in [6.45, 7) is 2.31. The third kappa shape index (κ3) is 2.59. The number of carbonyl (C=O) groups is 1. The summed E-state index contributed by atoms with van der Waals surface area (Å²) in [6.07, 6.45) is 7.82. The van der Waals surface area contributed by atoms with Crippen LogP contribution in [0.25, 0.3) is 0 Å². The van der Waals surface area contributed by atoms with Gasteiger partial charge in [0.05, 0.1) is 6.20 Å². The molecule has 142 valence electrons. The molecule has 3 aliphatic carbocycles. The molecule has 0 radical (unpaired) electrons. The lowest BCUT2D eigenvalue weighted by Gasteiger charge is -2.50. The summed E-state index contributed by atoms with van der Waals surface area (Å²) in [6, 6.07) is 7.45. The van der Waals surface area contributed by atoms with Crippen LogP contribution in [0.4, 0.5) is 0 Å². The first-order valence-electron chi connectivity index (χ1n) is 10.00. The van der Waals surface area contributed by atoms with Crippen molar-refractivity contribution in [2.24, 2.45) is 17.3 Å². The van der Waals surface area contributed by atoms with Crippen LogP contribution in [-0.4, -0.2) is 22.3 Å². The Morgan fingerprint density at radius 1 is 1.26 bits per heavy atom. The molecule has 1 aromatic heterocycles. The van der Waals surface area contributed by atoms with E-state index in [2.05, 4.69) is 18.1 Å². The lowest BCUT2D eigenvalue weighted by molar-refractivity contribution is -0.0447. The summed E-state index contributed by atoms with van der Waals surface area (Å²) in [7, 11) is 0. The van der Waals surface area contributed by atoms with Crippen LogP contribution in [0.15, 0.2) is 35.0 Å². The average molecular weight is 367 g/mol. The smallest absolute Gasteiger partial charge is 0.377 e. The Hall–Kier alpha value is -2.30. The number of fused-ring (bicyclic) bond motifs is 5. The third-order valence-electron chi connectivity index (χ3n) is 7.51. The number of rotatable bonds is 2. The Labute approximate surface area is 158 Å². The number of aromatic nitrogens is 1. The molecule has 1 heterocycles. The van der Waals surface area contributed by atoms with E-state index in [0.717, 1.165) is 38.5 Å². The zero-order valence-corrected chi connectivity index (χ0v) is 15.6. The van der Waals surface area contributed by atoms with E-state index in [9.17, 15) is 9.90 Å². The van der Waals surface area contributed by atoms with Crippen molar-refractivity contribution in [2.75, 3.05) is 0 Å².